The van der Waals surface area contributed by atoms with Crippen LogP contribution in [-0.2, 0) is 11.3 Å². The highest BCUT2D eigenvalue weighted by Crippen LogP contribution is 2.27. The van der Waals surface area contributed by atoms with Crippen LogP contribution in [0.2, 0.25) is 0 Å². The number of aliphatic hydroxyl groups is 4. The molecule has 0 saturated carbocycles. The summed E-state index contributed by atoms with van der Waals surface area (Å²) in [5, 5.41) is 43.8. The van der Waals surface area contributed by atoms with E-state index in [0.29, 0.717) is 12.1 Å². The quantitative estimate of drug-likeness (QED) is 0.181. The lowest BCUT2D eigenvalue weighted by atomic mass is 10.1. The molecule has 3 aromatic carbocycles. The highest BCUT2D eigenvalue weighted by atomic mass is 79.9. The lowest BCUT2D eigenvalue weighted by molar-refractivity contribution is -0.152. The van der Waals surface area contributed by atoms with E-state index in [4.69, 9.17) is 9.84 Å². The molecule has 1 amide bonds. The van der Waals surface area contributed by atoms with E-state index in [1.807, 2.05) is 34.9 Å². The molecule has 0 saturated heterocycles. The molecule has 0 fully saturated rings. The van der Waals surface area contributed by atoms with Crippen molar-refractivity contribution in [2.75, 3.05) is 19.8 Å². The number of carbonyl (C=O) groups excluding carboxylic acids is 1. The first-order valence-corrected chi connectivity index (χ1v) is 12.4. The Morgan fingerprint density at radius 2 is 1.78 bits per heavy atom. The van der Waals surface area contributed by atoms with Gasteiger partial charge in [-0.05, 0) is 40.6 Å². The second-order valence-electron chi connectivity index (χ2n) is 8.69. The van der Waals surface area contributed by atoms with Crippen molar-refractivity contribution in [2.45, 2.75) is 31.5 Å². The molecule has 4 rings (SSSR count). The Bertz CT molecular complexity index is 1340. The normalized spacial score (nSPS) is 14.1. The molecule has 9 heteroatoms. The zero-order valence-electron chi connectivity index (χ0n) is 19.5. The van der Waals surface area contributed by atoms with Gasteiger partial charge in [0.1, 0.15) is 0 Å². The zero-order chi connectivity index (χ0) is 25.7. The van der Waals surface area contributed by atoms with Crippen molar-refractivity contribution in [1.29, 1.82) is 0 Å². The zero-order valence-corrected chi connectivity index (χ0v) is 21.1. The van der Waals surface area contributed by atoms with Crippen LogP contribution in [0.5, 0.6) is 0 Å². The molecule has 0 aliphatic rings. The Hall–Kier alpha value is -2.79. The maximum Gasteiger partial charge on any atom is 0.253 e. The molecule has 3 atom stereocenters. The third kappa shape index (κ3) is 6.31. The number of aromatic nitrogens is 1. The van der Waals surface area contributed by atoms with Gasteiger partial charge in [-0.15, -0.1) is 0 Å². The van der Waals surface area contributed by atoms with Crippen molar-refractivity contribution in [2.24, 2.45) is 0 Å². The summed E-state index contributed by atoms with van der Waals surface area (Å²) in [4.78, 5) is 13.1. The van der Waals surface area contributed by atoms with Gasteiger partial charge in [0.05, 0.1) is 37.5 Å². The number of fused-ring (bicyclic) bond motifs is 2. The maximum absolute atomic E-state index is 13.1. The van der Waals surface area contributed by atoms with Crippen LogP contribution in [0.4, 0.5) is 0 Å². The summed E-state index contributed by atoms with van der Waals surface area (Å²) in [5.41, 5.74) is 2.45. The molecule has 5 N–H and O–H groups in total. The molecule has 0 spiro atoms. The van der Waals surface area contributed by atoms with Crippen LogP contribution < -0.4 is 5.32 Å². The molecule has 190 valence electrons. The first kappa shape index (κ1) is 26.3. The van der Waals surface area contributed by atoms with E-state index in [1.165, 1.54) is 0 Å². The summed E-state index contributed by atoms with van der Waals surface area (Å²) in [6, 6.07) is 20.2. The third-order valence-electron chi connectivity index (χ3n) is 5.99. The van der Waals surface area contributed by atoms with E-state index in [9.17, 15) is 20.1 Å². The smallest absolute Gasteiger partial charge is 0.253 e. The highest BCUT2D eigenvalue weighted by molar-refractivity contribution is 9.10. The van der Waals surface area contributed by atoms with Crippen LogP contribution in [0.1, 0.15) is 22.3 Å². The number of hydrogen-bond donors (Lipinski definition) is 5. The lowest BCUT2D eigenvalue weighted by Crippen LogP contribution is -2.38. The van der Waals surface area contributed by atoms with Crippen molar-refractivity contribution >= 4 is 43.5 Å². The van der Waals surface area contributed by atoms with E-state index in [1.54, 1.807) is 6.20 Å². The highest BCUT2D eigenvalue weighted by Gasteiger charge is 2.20. The fraction of sp³-hybridized carbons (Fsp3) is 0.296. The molecule has 0 radical (unpaired) electrons. The van der Waals surface area contributed by atoms with Crippen LogP contribution in [-0.4, -0.2) is 69.2 Å². The molecule has 1 heterocycles. The summed E-state index contributed by atoms with van der Waals surface area (Å²) in [5.74, 6) is -0.381. The van der Waals surface area contributed by atoms with E-state index < -0.39 is 31.7 Å². The van der Waals surface area contributed by atoms with Gasteiger partial charge in [0, 0.05) is 34.5 Å². The molecule has 0 aliphatic heterocycles. The number of rotatable bonds is 11. The number of hydrogen-bond acceptors (Lipinski definition) is 6. The number of benzene rings is 3. The van der Waals surface area contributed by atoms with Crippen LogP contribution in [0, 0.1) is 0 Å². The van der Waals surface area contributed by atoms with Crippen LogP contribution in [0.3, 0.4) is 0 Å². The number of nitrogens with one attached hydrogen (secondary N) is 1. The minimum Gasteiger partial charge on any atom is -0.394 e. The van der Waals surface area contributed by atoms with Crippen LogP contribution in [0.15, 0.2) is 71.3 Å². The second-order valence-corrected chi connectivity index (χ2v) is 9.61. The first-order valence-electron chi connectivity index (χ1n) is 11.7. The van der Waals surface area contributed by atoms with Gasteiger partial charge in [-0.25, -0.2) is 0 Å². The summed E-state index contributed by atoms with van der Waals surface area (Å²) in [6.07, 6.45) is -1.60. The summed E-state index contributed by atoms with van der Waals surface area (Å²) >= 11 is 3.48. The SMILES string of the molecule is O=C(NCC(O)O[C@H](CO)C[C@H](O)CO)c1cn(Cc2ccc3ccccc3c2)c2ccc(Br)cc12. The number of ether oxygens (including phenoxy) is 1. The Labute approximate surface area is 216 Å². The number of halogens is 1. The average Bonchev–Trinajstić information content (AvgIpc) is 3.23. The van der Waals surface area contributed by atoms with E-state index >= 15 is 0 Å². The monoisotopic (exact) mass is 556 g/mol. The number of amides is 1. The van der Waals surface area contributed by atoms with Gasteiger partial charge in [0.2, 0.25) is 0 Å². The fourth-order valence-electron chi connectivity index (χ4n) is 4.21. The largest absolute Gasteiger partial charge is 0.394 e. The van der Waals surface area contributed by atoms with Gasteiger partial charge in [0.15, 0.2) is 6.29 Å². The molecular formula is C27H29BrN2O6. The number of nitrogens with zero attached hydrogens (tertiary/aromatic N) is 1. The van der Waals surface area contributed by atoms with Crippen molar-refractivity contribution < 1.29 is 30.0 Å². The topological polar surface area (TPSA) is 124 Å². The molecular weight excluding hydrogens is 528 g/mol. The van der Waals surface area contributed by atoms with Gasteiger partial charge in [0.25, 0.3) is 5.91 Å². The predicted molar refractivity (Wildman–Crippen MR) is 141 cm³/mol. The number of aliphatic hydroxyl groups excluding tert-OH is 4. The van der Waals surface area contributed by atoms with Gasteiger partial charge in [-0.2, -0.15) is 0 Å². The predicted octanol–water partition coefficient (Wildman–Crippen LogP) is 2.77. The maximum atomic E-state index is 13.1. The lowest BCUT2D eigenvalue weighted by Gasteiger charge is -2.21. The molecule has 8 nitrogen and oxygen atoms in total. The Morgan fingerprint density at radius 3 is 2.53 bits per heavy atom. The van der Waals surface area contributed by atoms with Crippen LogP contribution in [0.25, 0.3) is 21.7 Å². The Morgan fingerprint density at radius 1 is 1.00 bits per heavy atom. The average molecular weight is 557 g/mol. The summed E-state index contributed by atoms with van der Waals surface area (Å²) < 4.78 is 8.15. The molecule has 36 heavy (non-hydrogen) atoms. The minimum absolute atomic E-state index is 0.0473. The van der Waals surface area contributed by atoms with Crippen molar-refractivity contribution in [1.82, 2.24) is 9.88 Å². The summed E-state index contributed by atoms with van der Waals surface area (Å²) in [6.45, 7) is -0.562. The van der Waals surface area contributed by atoms with Gasteiger partial charge in [-0.3, -0.25) is 4.79 Å². The van der Waals surface area contributed by atoms with Gasteiger partial charge in [-0.1, -0.05) is 52.3 Å². The van der Waals surface area contributed by atoms with Gasteiger partial charge >= 0.3 is 0 Å². The molecule has 0 bridgehead atoms. The minimum atomic E-state index is -1.39. The van der Waals surface area contributed by atoms with Crippen molar-refractivity contribution in [3.8, 4) is 0 Å². The van der Waals surface area contributed by atoms with Crippen molar-refractivity contribution in [3.63, 3.8) is 0 Å². The van der Waals surface area contributed by atoms with Crippen LogP contribution >= 0.6 is 15.9 Å². The molecule has 4 aromatic rings. The molecule has 1 aromatic heterocycles. The number of carbonyl (C=O) groups is 1. The molecule has 1 unspecified atom stereocenters. The Balaban J connectivity index is 1.50. The second kappa shape index (κ2) is 12.0. The van der Waals surface area contributed by atoms with E-state index in [0.717, 1.165) is 31.7 Å². The van der Waals surface area contributed by atoms with Gasteiger partial charge < -0.3 is 35.0 Å². The summed E-state index contributed by atoms with van der Waals surface area (Å²) in [7, 11) is 0. The first-order chi connectivity index (χ1) is 17.4. The third-order valence-corrected chi connectivity index (χ3v) is 6.48. The van der Waals surface area contributed by atoms with E-state index in [2.05, 4.69) is 51.6 Å². The molecule has 0 aliphatic carbocycles. The van der Waals surface area contributed by atoms with Crippen molar-refractivity contribution in [3.05, 3.63) is 82.5 Å². The Kier molecular flexibility index (Phi) is 8.73. The fourth-order valence-corrected chi connectivity index (χ4v) is 4.57. The standard InChI is InChI=1S/C27H29BrN2O6/c28-20-7-8-25-23(10-20)24(27(35)29-12-26(34)36-22(16-32)11-21(33)15-31)14-30(25)13-17-5-6-18-3-1-2-4-19(18)9-17/h1-10,14,21-22,26,31-34H,11-13,15-16H2,(H,29,35)/t21-,22-,26?/m0/s1. The van der Waals surface area contributed by atoms with E-state index in [-0.39, 0.29) is 18.9 Å².